The number of nitrogens with zero attached hydrogens (tertiary/aromatic N) is 1. The molecule has 3 aliphatic rings. The Morgan fingerprint density at radius 1 is 0.975 bits per heavy atom. The Morgan fingerprint density at radius 3 is 2.12 bits per heavy atom. The number of aryl methyl sites for hydroxylation is 2. The number of benzene rings is 3. The van der Waals surface area contributed by atoms with Crippen LogP contribution < -0.4 is 15.4 Å². The van der Waals surface area contributed by atoms with E-state index in [0.717, 1.165) is 52.3 Å². The van der Waals surface area contributed by atoms with Crippen LogP contribution in [0.5, 0.6) is 11.5 Å². The van der Waals surface area contributed by atoms with Gasteiger partial charge in [0.05, 0.1) is 12.7 Å². The third-order valence-corrected chi connectivity index (χ3v) is 8.02. The van der Waals surface area contributed by atoms with Gasteiger partial charge in [0.25, 0.3) is 5.91 Å². The van der Waals surface area contributed by atoms with Crippen LogP contribution in [0.3, 0.4) is 0 Å². The maximum Gasteiger partial charge on any atom is 0.279 e. The number of aliphatic hydroxyl groups excluding tert-OH is 2. The number of carbonyl (C=O) groups is 1. The number of aliphatic hydroxyl groups is 2. The van der Waals surface area contributed by atoms with Gasteiger partial charge >= 0.3 is 0 Å². The van der Waals surface area contributed by atoms with Crippen LogP contribution in [0.25, 0.3) is 0 Å². The molecule has 1 fully saturated rings. The molecule has 9 nitrogen and oxygen atoms in total. The molecule has 3 heterocycles. The average Bonchev–Trinajstić information content (AvgIpc) is 3.42. The van der Waals surface area contributed by atoms with E-state index in [2.05, 4.69) is 22.8 Å². The number of ether oxygens (including phenoxy) is 2. The SMILES string of the molecule is CCNc1cc2c(cc1C)C1(c3cc(C)c(NCC)cc3O2)c2ccccc2C(=O)N1O[C@H]1C[C@H](O)[C@@H](CO)O1. The lowest BCUT2D eigenvalue weighted by atomic mass is 9.74. The van der Waals surface area contributed by atoms with Crippen LogP contribution in [0, 0.1) is 13.8 Å². The highest BCUT2D eigenvalue weighted by Gasteiger charge is 2.59. The third-order valence-electron chi connectivity index (χ3n) is 8.02. The second kappa shape index (κ2) is 10.1. The van der Waals surface area contributed by atoms with Crippen LogP contribution in [0.4, 0.5) is 11.4 Å². The first kappa shape index (κ1) is 26.6. The summed E-state index contributed by atoms with van der Waals surface area (Å²) < 4.78 is 12.4. The van der Waals surface area contributed by atoms with Crippen molar-refractivity contribution in [2.24, 2.45) is 0 Å². The predicted molar refractivity (Wildman–Crippen MR) is 151 cm³/mol. The zero-order valence-corrected chi connectivity index (χ0v) is 23.2. The molecular weight excluding hydrogens is 510 g/mol. The molecule has 0 radical (unpaired) electrons. The van der Waals surface area contributed by atoms with E-state index < -0.39 is 24.0 Å². The van der Waals surface area contributed by atoms with E-state index in [1.807, 2.05) is 58.0 Å². The number of hydrogen-bond acceptors (Lipinski definition) is 8. The van der Waals surface area contributed by atoms with Gasteiger partial charge in [-0.1, -0.05) is 18.2 Å². The molecule has 4 N–H and O–H groups in total. The summed E-state index contributed by atoms with van der Waals surface area (Å²) in [5.74, 6) is 0.903. The summed E-state index contributed by atoms with van der Waals surface area (Å²) in [5.41, 5.74) is 5.52. The van der Waals surface area contributed by atoms with E-state index in [9.17, 15) is 15.0 Å². The highest BCUT2D eigenvalue weighted by Crippen LogP contribution is 2.59. The molecule has 1 saturated heterocycles. The van der Waals surface area contributed by atoms with Crippen molar-refractivity contribution in [3.63, 3.8) is 0 Å². The average molecular weight is 546 g/mol. The van der Waals surface area contributed by atoms with E-state index in [0.29, 0.717) is 17.1 Å². The van der Waals surface area contributed by atoms with Gasteiger partial charge in [0.15, 0.2) is 11.8 Å². The molecule has 3 aliphatic heterocycles. The van der Waals surface area contributed by atoms with Gasteiger partial charge < -0.3 is 30.3 Å². The van der Waals surface area contributed by atoms with Crippen molar-refractivity contribution in [1.29, 1.82) is 0 Å². The summed E-state index contributed by atoms with van der Waals surface area (Å²) in [6.45, 7) is 9.27. The number of anilines is 2. The fourth-order valence-electron chi connectivity index (χ4n) is 6.17. The Kier molecular flexibility index (Phi) is 6.70. The first-order valence-corrected chi connectivity index (χ1v) is 13.8. The first-order valence-electron chi connectivity index (χ1n) is 13.8. The molecule has 9 heteroatoms. The summed E-state index contributed by atoms with van der Waals surface area (Å²) >= 11 is 0. The predicted octanol–water partition coefficient (Wildman–Crippen LogP) is 4.42. The van der Waals surface area contributed by atoms with Gasteiger partial charge in [-0.25, -0.2) is 4.84 Å². The zero-order valence-electron chi connectivity index (χ0n) is 23.2. The van der Waals surface area contributed by atoms with E-state index >= 15 is 0 Å². The minimum Gasteiger partial charge on any atom is -0.456 e. The maximum atomic E-state index is 14.2. The molecule has 3 aromatic rings. The van der Waals surface area contributed by atoms with E-state index in [4.69, 9.17) is 14.3 Å². The summed E-state index contributed by atoms with van der Waals surface area (Å²) in [7, 11) is 0. The molecule has 0 unspecified atom stereocenters. The lowest BCUT2D eigenvalue weighted by molar-refractivity contribution is -0.271. The van der Waals surface area contributed by atoms with Gasteiger partial charge in [-0.2, -0.15) is 5.06 Å². The molecule has 40 heavy (non-hydrogen) atoms. The molecule has 210 valence electrons. The Hall–Kier alpha value is -3.63. The second-order valence-electron chi connectivity index (χ2n) is 10.5. The van der Waals surface area contributed by atoms with Gasteiger partial charge in [0.1, 0.15) is 17.6 Å². The summed E-state index contributed by atoms with van der Waals surface area (Å²) in [5, 5.41) is 28.3. The molecule has 3 aromatic carbocycles. The summed E-state index contributed by atoms with van der Waals surface area (Å²) in [6, 6.07) is 15.6. The Labute approximate surface area is 233 Å². The Morgan fingerprint density at radius 2 is 1.57 bits per heavy atom. The van der Waals surface area contributed by atoms with Crippen LogP contribution in [0.1, 0.15) is 58.4 Å². The molecule has 6 rings (SSSR count). The highest BCUT2D eigenvalue weighted by molar-refractivity contribution is 6.01. The number of amides is 1. The number of fused-ring (bicyclic) bond motifs is 6. The number of carbonyl (C=O) groups excluding carboxylic acids is 1. The van der Waals surface area contributed by atoms with Gasteiger partial charge in [0.2, 0.25) is 0 Å². The minimum atomic E-state index is -1.19. The van der Waals surface area contributed by atoms with Crippen molar-refractivity contribution in [3.8, 4) is 11.5 Å². The second-order valence-corrected chi connectivity index (χ2v) is 10.5. The van der Waals surface area contributed by atoms with Crippen molar-refractivity contribution < 1.29 is 29.3 Å². The molecule has 1 spiro atoms. The molecule has 0 bridgehead atoms. The van der Waals surface area contributed by atoms with Crippen LogP contribution in [-0.4, -0.2) is 59.4 Å². The standard InChI is InChI=1S/C31H35N3O6/c1-5-32-23-13-26-21(11-17(23)3)31(22-12-18(4)24(33-6-2)14-27(22)38-26)20-10-8-7-9-19(20)30(37)34(31)40-29-15-25(36)28(16-35)39-29/h7-14,25,28-29,32-33,35-36H,5-6,15-16H2,1-4H3/t25-,28+,29-/m0/s1. The fourth-order valence-corrected chi connectivity index (χ4v) is 6.17. The summed E-state index contributed by atoms with van der Waals surface area (Å²) in [4.78, 5) is 20.6. The van der Waals surface area contributed by atoms with Gasteiger partial charge in [0, 0.05) is 65.3 Å². The smallest absolute Gasteiger partial charge is 0.279 e. The van der Waals surface area contributed by atoms with Crippen molar-refractivity contribution in [2.45, 2.75) is 58.2 Å². The summed E-state index contributed by atoms with van der Waals surface area (Å²) in [6.07, 6.45) is -2.50. The Bertz CT molecular complexity index is 1410. The fraction of sp³-hybridized carbons (Fsp3) is 0.387. The van der Waals surface area contributed by atoms with E-state index in [1.165, 1.54) is 5.06 Å². The number of hydrogen-bond donors (Lipinski definition) is 4. The largest absolute Gasteiger partial charge is 0.456 e. The van der Waals surface area contributed by atoms with Gasteiger partial charge in [-0.3, -0.25) is 4.79 Å². The van der Waals surface area contributed by atoms with Crippen LogP contribution in [0.15, 0.2) is 48.5 Å². The Balaban J connectivity index is 1.63. The van der Waals surface area contributed by atoms with Crippen molar-refractivity contribution in [3.05, 3.63) is 81.9 Å². The normalized spacial score (nSPS) is 22.1. The molecule has 0 aliphatic carbocycles. The molecule has 0 saturated carbocycles. The molecular formula is C31H35N3O6. The minimum absolute atomic E-state index is 0.119. The van der Waals surface area contributed by atoms with Crippen molar-refractivity contribution in [2.75, 3.05) is 30.3 Å². The lowest BCUT2D eigenvalue weighted by Crippen LogP contribution is -2.49. The van der Waals surface area contributed by atoms with Gasteiger partial charge in [-0.05, 0) is 57.0 Å². The number of nitrogens with one attached hydrogen (secondary N) is 2. The third kappa shape index (κ3) is 3.88. The van der Waals surface area contributed by atoms with Crippen molar-refractivity contribution in [1.82, 2.24) is 5.06 Å². The zero-order chi connectivity index (χ0) is 28.2. The molecule has 3 atom stereocenters. The van der Waals surface area contributed by atoms with E-state index in [1.54, 1.807) is 6.07 Å². The number of hydroxylamine groups is 2. The first-order chi connectivity index (χ1) is 19.3. The topological polar surface area (TPSA) is 113 Å². The van der Waals surface area contributed by atoms with Crippen molar-refractivity contribution >= 4 is 17.3 Å². The monoisotopic (exact) mass is 545 g/mol. The number of rotatable bonds is 7. The van der Waals surface area contributed by atoms with Crippen LogP contribution in [0.2, 0.25) is 0 Å². The lowest BCUT2D eigenvalue weighted by Gasteiger charge is -2.44. The molecule has 0 aromatic heterocycles. The van der Waals surface area contributed by atoms with Crippen LogP contribution in [-0.2, 0) is 15.1 Å². The van der Waals surface area contributed by atoms with E-state index in [-0.39, 0.29) is 18.9 Å². The maximum absolute atomic E-state index is 14.2. The highest BCUT2D eigenvalue weighted by atomic mass is 16.8. The quantitative estimate of drug-likeness (QED) is 0.345. The van der Waals surface area contributed by atoms with Crippen LogP contribution >= 0.6 is 0 Å². The molecule has 1 amide bonds. The van der Waals surface area contributed by atoms with Gasteiger partial charge in [-0.15, -0.1) is 0 Å².